The van der Waals surface area contributed by atoms with E-state index in [1.54, 1.807) is 42.5 Å². The van der Waals surface area contributed by atoms with Gasteiger partial charge in [-0.15, -0.1) is 0 Å². The van der Waals surface area contributed by atoms with Crippen molar-refractivity contribution in [1.29, 1.82) is 0 Å². The maximum absolute atomic E-state index is 12.7. The Labute approximate surface area is 154 Å². The summed E-state index contributed by atoms with van der Waals surface area (Å²) < 4.78 is 27.0. The van der Waals surface area contributed by atoms with E-state index in [4.69, 9.17) is 5.73 Å². The molecule has 0 aliphatic carbocycles. The van der Waals surface area contributed by atoms with Crippen molar-refractivity contribution in [2.75, 3.05) is 24.1 Å². The number of carbonyl (C=O) groups excluding carboxylic acids is 1. The molecule has 2 aromatic carbocycles. The van der Waals surface area contributed by atoms with Crippen LogP contribution in [0.3, 0.4) is 0 Å². The molecule has 2 aromatic rings. The van der Waals surface area contributed by atoms with Gasteiger partial charge in [-0.2, -0.15) is 4.31 Å². The second-order valence-electron chi connectivity index (χ2n) is 6.46. The van der Waals surface area contributed by atoms with Gasteiger partial charge < -0.3 is 11.1 Å². The molecule has 138 valence electrons. The Kier molecular flexibility index (Phi) is 5.58. The fraction of sp³-hybridized carbons (Fsp3) is 0.316. The van der Waals surface area contributed by atoms with Crippen molar-refractivity contribution in [3.63, 3.8) is 0 Å². The van der Waals surface area contributed by atoms with E-state index in [-0.39, 0.29) is 17.2 Å². The molecule has 7 heteroatoms. The van der Waals surface area contributed by atoms with Crippen LogP contribution in [0.4, 0.5) is 11.4 Å². The first-order chi connectivity index (χ1) is 12.4. The predicted octanol–water partition coefficient (Wildman–Crippen LogP) is 2.62. The number of nitrogens with one attached hydrogen (secondary N) is 1. The van der Waals surface area contributed by atoms with E-state index < -0.39 is 10.0 Å². The van der Waals surface area contributed by atoms with Gasteiger partial charge in [0.25, 0.3) is 0 Å². The van der Waals surface area contributed by atoms with Crippen LogP contribution in [0.1, 0.15) is 24.8 Å². The SMILES string of the molecule is Nc1ccc(CC(=O)Nc2cccc(S(=O)(=O)N3CCCCC3)c2)cc1. The van der Waals surface area contributed by atoms with E-state index in [1.807, 2.05) is 0 Å². The molecule has 0 aromatic heterocycles. The van der Waals surface area contributed by atoms with Gasteiger partial charge in [-0.1, -0.05) is 24.6 Å². The maximum Gasteiger partial charge on any atom is 0.243 e. The van der Waals surface area contributed by atoms with Crippen LogP contribution in [-0.2, 0) is 21.2 Å². The Hall–Kier alpha value is -2.38. The van der Waals surface area contributed by atoms with E-state index in [2.05, 4.69) is 5.32 Å². The van der Waals surface area contributed by atoms with Gasteiger partial charge in [0.1, 0.15) is 0 Å². The zero-order chi connectivity index (χ0) is 18.6. The number of piperidine rings is 1. The lowest BCUT2D eigenvalue weighted by Gasteiger charge is -2.26. The van der Waals surface area contributed by atoms with E-state index in [9.17, 15) is 13.2 Å². The highest BCUT2D eigenvalue weighted by atomic mass is 32.2. The summed E-state index contributed by atoms with van der Waals surface area (Å²) in [5, 5.41) is 2.77. The summed E-state index contributed by atoms with van der Waals surface area (Å²) in [5.74, 6) is -0.206. The van der Waals surface area contributed by atoms with Crippen molar-refractivity contribution in [3.05, 3.63) is 54.1 Å². The molecule has 0 unspecified atom stereocenters. The van der Waals surface area contributed by atoms with Gasteiger partial charge in [0.05, 0.1) is 11.3 Å². The largest absolute Gasteiger partial charge is 0.399 e. The number of hydrogen-bond acceptors (Lipinski definition) is 4. The lowest BCUT2D eigenvalue weighted by atomic mass is 10.1. The topological polar surface area (TPSA) is 92.5 Å². The van der Waals surface area contributed by atoms with Gasteiger partial charge >= 0.3 is 0 Å². The van der Waals surface area contributed by atoms with Crippen LogP contribution in [0.25, 0.3) is 0 Å². The summed E-state index contributed by atoms with van der Waals surface area (Å²) in [6, 6.07) is 13.5. The molecule has 1 aliphatic rings. The van der Waals surface area contributed by atoms with Gasteiger partial charge in [0.2, 0.25) is 15.9 Å². The van der Waals surface area contributed by atoms with Crippen molar-refractivity contribution < 1.29 is 13.2 Å². The van der Waals surface area contributed by atoms with Crippen LogP contribution in [0.5, 0.6) is 0 Å². The van der Waals surface area contributed by atoms with E-state index in [1.165, 1.54) is 10.4 Å². The number of nitrogens with two attached hydrogens (primary N) is 1. The second kappa shape index (κ2) is 7.88. The van der Waals surface area contributed by atoms with Crippen molar-refractivity contribution in [3.8, 4) is 0 Å². The fourth-order valence-corrected chi connectivity index (χ4v) is 4.58. The molecule has 3 N–H and O–H groups in total. The summed E-state index contributed by atoms with van der Waals surface area (Å²) in [5.41, 5.74) is 7.60. The quantitative estimate of drug-likeness (QED) is 0.788. The Morgan fingerprint density at radius 3 is 2.42 bits per heavy atom. The highest BCUT2D eigenvalue weighted by Gasteiger charge is 2.26. The number of nitrogens with zero attached hydrogens (tertiary/aromatic N) is 1. The molecule has 0 saturated carbocycles. The van der Waals surface area contributed by atoms with Crippen LogP contribution >= 0.6 is 0 Å². The molecule has 6 nitrogen and oxygen atoms in total. The molecule has 1 aliphatic heterocycles. The Balaban J connectivity index is 1.70. The number of hydrogen-bond donors (Lipinski definition) is 2. The molecule has 1 saturated heterocycles. The average molecular weight is 373 g/mol. The summed E-state index contributed by atoms with van der Waals surface area (Å²) in [6.07, 6.45) is 3.03. The normalized spacial score (nSPS) is 15.5. The van der Waals surface area contributed by atoms with E-state index in [0.717, 1.165) is 24.8 Å². The van der Waals surface area contributed by atoms with Gasteiger partial charge in [-0.25, -0.2) is 8.42 Å². The maximum atomic E-state index is 12.7. The molecule has 1 heterocycles. The molecule has 0 radical (unpaired) electrons. The number of amides is 1. The zero-order valence-corrected chi connectivity index (χ0v) is 15.3. The van der Waals surface area contributed by atoms with Gasteiger partial charge in [-0.3, -0.25) is 4.79 Å². The third-order valence-electron chi connectivity index (χ3n) is 4.42. The molecule has 1 amide bonds. The van der Waals surface area contributed by atoms with Gasteiger partial charge in [0.15, 0.2) is 0 Å². The smallest absolute Gasteiger partial charge is 0.243 e. The number of sulfonamides is 1. The van der Waals surface area contributed by atoms with Crippen LogP contribution < -0.4 is 11.1 Å². The van der Waals surface area contributed by atoms with E-state index >= 15 is 0 Å². The lowest BCUT2D eigenvalue weighted by molar-refractivity contribution is -0.115. The van der Waals surface area contributed by atoms with Crippen LogP contribution in [0.2, 0.25) is 0 Å². The molecule has 3 rings (SSSR count). The standard InChI is InChI=1S/C19H23N3O3S/c20-16-9-7-15(8-10-16)13-19(23)21-17-5-4-6-18(14-17)26(24,25)22-11-2-1-3-12-22/h4-10,14H,1-3,11-13,20H2,(H,21,23). The van der Waals surface area contributed by atoms with Crippen LogP contribution in [0.15, 0.2) is 53.4 Å². The summed E-state index contributed by atoms with van der Waals surface area (Å²) in [4.78, 5) is 12.4. The van der Waals surface area contributed by atoms with E-state index in [0.29, 0.717) is 24.5 Å². The van der Waals surface area contributed by atoms with Crippen LogP contribution in [-0.4, -0.2) is 31.7 Å². The summed E-state index contributed by atoms with van der Waals surface area (Å²) >= 11 is 0. The molecular formula is C19H23N3O3S. The minimum atomic E-state index is -3.52. The number of carbonyl (C=O) groups is 1. The van der Waals surface area contributed by atoms with Gasteiger partial charge in [-0.05, 0) is 48.7 Å². The Morgan fingerprint density at radius 1 is 1.04 bits per heavy atom. The first kappa shape index (κ1) is 18.4. The third kappa shape index (κ3) is 4.42. The summed E-state index contributed by atoms with van der Waals surface area (Å²) in [7, 11) is -3.52. The molecule has 1 fully saturated rings. The molecule has 0 atom stereocenters. The minimum absolute atomic E-state index is 0.198. The molecule has 26 heavy (non-hydrogen) atoms. The zero-order valence-electron chi connectivity index (χ0n) is 14.5. The molecular weight excluding hydrogens is 350 g/mol. The Bertz CT molecular complexity index is 873. The number of anilines is 2. The van der Waals surface area contributed by atoms with Crippen molar-refractivity contribution in [2.45, 2.75) is 30.6 Å². The molecule has 0 spiro atoms. The van der Waals surface area contributed by atoms with Crippen molar-refractivity contribution >= 4 is 27.3 Å². The number of benzene rings is 2. The van der Waals surface area contributed by atoms with Crippen LogP contribution in [0, 0.1) is 0 Å². The Morgan fingerprint density at radius 2 is 1.73 bits per heavy atom. The molecule has 0 bridgehead atoms. The highest BCUT2D eigenvalue weighted by Crippen LogP contribution is 2.23. The average Bonchev–Trinajstić information content (AvgIpc) is 2.64. The monoisotopic (exact) mass is 373 g/mol. The summed E-state index contributed by atoms with van der Waals surface area (Å²) in [6.45, 7) is 1.10. The van der Waals surface area contributed by atoms with Gasteiger partial charge in [0, 0.05) is 24.5 Å². The minimum Gasteiger partial charge on any atom is -0.399 e. The third-order valence-corrected chi connectivity index (χ3v) is 6.31. The highest BCUT2D eigenvalue weighted by molar-refractivity contribution is 7.89. The van der Waals surface area contributed by atoms with Crippen molar-refractivity contribution in [1.82, 2.24) is 4.31 Å². The number of rotatable bonds is 5. The first-order valence-corrected chi connectivity index (χ1v) is 10.1. The van der Waals surface area contributed by atoms with Crippen molar-refractivity contribution in [2.24, 2.45) is 0 Å². The predicted molar refractivity (Wildman–Crippen MR) is 102 cm³/mol. The lowest BCUT2D eigenvalue weighted by Crippen LogP contribution is -2.35. The number of nitrogen functional groups attached to an aromatic ring is 1. The fourth-order valence-electron chi connectivity index (χ4n) is 3.01. The second-order valence-corrected chi connectivity index (χ2v) is 8.40. The first-order valence-electron chi connectivity index (χ1n) is 8.70.